The van der Waals surface area contributed by atoms with Gasteiger partial charge in [-0.05, 0) is 67.6 Å². The molecule has 5 heterocycles. The van der Waals surface area contributed by atoms with E-state index >= 15 is 0 Å². The van der Waals surface area contributed by atoms with Gasteiger partial charge in [-0.25, -0.2) is 14.8 Å². The van der Waals surface area contributed by atoms with Crippen LogP contribution in [0.5, 0.6) is 0 Å². The van der Waals surface area contributed by atoms with Crippen molar-refractivity contribution in [1.82, 2.24) is 39.5 Å². The summed E-state index contributed by atoms with van der Waals surface area (Å²) >= 11 is 0. The molecule has 0 radical (unpaired) electrons. The zero-order valence-corrected chi connectivity index (χ0v) is 29.9. The first-order valence-corrected chi connectivity index (χ1v) is 18.4. The molecule has 3 aliphatic heterocycles. The molecule has 3 fully saturated rings. The van der Waals surface area contributed by atoms with E-state index in [2.05, 4.69) is 58.5 Å². The van der Waals surface area contributed by atoms with E-state index in [1.807, 2.05) is 76.4 Å². The van der Waals surface area contributed by atoms with Gasteiger partial charge in [0.2, 0.25) is 5.91 Å². The number of H-pyrrole nitrogens is 2. The first-order chi connectivity index (χ1) is 25.4. The van der Waals surface area contributed by atoms with Crippen LogP contribution in [0.2, 0.25) is 0 Å². The Morgan fingerprint density at radius 3 is 1.73 bits per heavy atom. The molecular formula is C41H46N8O3. The highest BCUT2D eigenvalue weighted by Crippen LogP contribution is 2.36. The van der Waals surface area contributed by atoms with Crippen LogP contribution >= 0.6 is 0 Å². The van der Waals surface area contributed by atoms with E-state index in [-0.39, 0.29) is 30.1 Å². The summed E-state index contributed by atoms with van der Waals surface area (Å²) in [5.41, 5.74) is 7.21. The third kappa shape index (κ3) is 6.73. The smallest absolute Gasteiger partial charge is 0.320 e. The van der Waals surface area contributed by atoms with Crippen LogP contribution < -0.4 is 0 Å². The zero-order chi connectivity index (χ0) is 35.6. The molecule has 3 saturated heterocycles. The van der Waals surface area contributed by atoms with Crippen molar-refractivity contribution in [3.8, 4) is 33.6 Å². The summed E-state index contributed by atoms with van der Waals surface area (Å²) in [4.78, 5) is 51.5. The van der Waals surface area contributed by atoms with Crippen molar-refractivity contribution < 1.29 is 14.3 Å². The van der Waals surface area contributed by atoms with Gasteiger partial charge in [0.05, 0.1) is 49.1 Å². The third-order valence-electron chi connectivity index (χ3n) is 10.7. The standard InChI is InChI=1S/C41H46N8O3/c1-46(2)37(32-8-4-3-5-9-32)40(50)48-20-6-10-35(48)38-42-26-33(44-38)30-16-12-28(13-17-30)29-14-18-31(19-15-29)34-27-43-39(45-34)36-11-7-21-49(36)41(51)47-22-24-52-25-23-47/h3-5,8-9,12-19,26-27,35-37H,6-7,10-11,20-25H2,1-2H3,(H,42,44)(H,43,45)/t35-,36-,37+/m0/s1. The molecule has 2 N–H and O–H groups in total. The molecule has 2 aromatic heterocycles. The second-order valence-electron chi connectivity index (χ2n) is 14.2. The monoisotopic (exact) mass is 698 g/mol. The van der Waals surface area contributed by atoms with Crippen molar-refractivity contribution in [1.29, 1.82) is 0 Å². The minimum absolute atomic E-state index is 0.0394. The number of hydrogen-bond acceptors (Lipinski definition) is 6. The average Bonchev–Trinajstić information content (AvgIpc) is 4.02. The lowest BCUT2D eigenvalue weighted by Gasteiger charge is -2.33. The normalized spacial score (nSPS) is 19.8. The first-order valence-electron chi connectivity index (χ1n) is 18.4. The number of morpholine rings is 1. The maximum Gasteiger partial charge on any atom is 0.320 e. The van der Waals surface area contributed by atoms with E-state index in [1.165, 1.54) is 0 Å². The predicted molar refractivity (Wildman–Crippen MR) is 200 cm³/mol. The number of hydrogen-bond donors (Lipinski definition) is 2. The van der Waals surface area contributed by atoms with Crippen LogP contribution in [0.15, 0.2) is 91.3 Å². The Kier molecular flexibility index (Phi) is 9.62. The Labute approximate surface area is 304 Å². The number of urea groups is 1. The minimum atomic E-state index is -0.338. The molecule has 11 nitrogen and oxygen atoms in total. The number of benzene rings is 3. The summed E-state index contributed by atoms with van der Waals surface area (Å²) in [6.45, 7) is 3.94. The van der Waals surface area contributed by atoms with Crippen LogP contribution in [0.3, 0.4) is 0 Å². The van der Waals surface area contributed by atoms with Gasteiger partial charge in [0, 0.05) is 26.2 Å². The number of rotatable bonds is 8. The van der Waals surface area contributed by atoms with E-state index in [4.69, 9.17) is 14.7 Å². The van der Waals surface area contributed by atoms with Gasteiger partial charge in [0.1, 0.15) is 17.7 Å². The van der Waals surface area contributed by atoms with Crippen molar-refractivity contribution in [2.75, 3.05) is 53.5 Å². The number of amides is 3. The maximum atomic E-state index is 13.9. The number of likely N-dealkylation sites (N-methyl/N-ethyl adjacent to an activating group) is 1. The van der Waals surface area contributed by atoms with Crippen molar-refractivity contribution in [2.45, 2.75) is 43.8 Å². The van der Waals surface area contributed by atoms with Crippen molar-refractivity contribution in [3.63, 3.8) is 0 Å². The van der Waals surface area contributed by atoms with Crippen molar-refractivity contribution >= 4 is 11.9 Å². The van der Waals surface area contributed by atoms with E-state index in [1.54, 1.807) is 0 Å². The molecule has 3 atom stereocenters. The molecule has 52 heavy (non-hydrogen) atoms. The first kappa shape index (κ1) is 33.9. The van der Waals surface area contributed by atoms with Gasteiger partial charge in [-0.1, -0.05) is 78.9 Å². The maximum absolute atomic E-state index is 13.9. The Bertz CT molecular complexity index is 1980. The number of imidazole rings is 2. The quantitative estimate of drug-likeness (QED) is 0.187. The Hall–Kier alpha value is -5.26. The van der Waals surface area contributed by atoms with Crippen LogP contribution in [0, 0.1) is 0 Å². The highest BCUT2D eigenvalue weighted by Gasteiger charge is 2.37. The van der Waals surface area contributed by atoms with Crippen LogP contribution in [0.25, 0.3) is 33.6 Å². The van der Waals surface area contributed by atoms with E-state index in [0.717, 1.165) is 89.6 Å². The third-order valence-corrected chi connectivity index (χ3v) is 10.7. The second kappa shape index (κ2) is 14.8. The topological polar surface area (TPSA) is 114 Å². The summed E-state index contributed by atoms with van der Waals surface area (Å²) in [5.74, 6) is 1.78. The predicted octanol–water partition coefficient (Wildman–Crippen LogP) is 6.69. The lowest BCUT2D eigenvalue weighted by Crippen LogP contribution is -2.48. The lowest BCUT2D eigenvalue weighted by molar-refractivity contribution is -0.137. The van der Waals surface area contributed by atoms with E-state index < -0.39 is 0 Å². The number of carbonyl (C=O) groups is 2. The number of nitrogens with one attached hydrogen (secondary N) is 2. The molecule has 3 amide bonds. The molecule has 0 unspecified atom stereocenters. The number of ether oxygens (including phenoxy) is 1. The van der Waals surface area contributed by atoms with Gasteiger partial charge in [0.25, 0.3) is 0 Å². The van der Waals surface area contributed by atoms with Gasteiger partial charge in [-0.15, -0.1) is 0 Å². The van der Waals surface area contributed by atoms with Crippen LogP contribution in [0.1, 0.15) is 61.0 Å². The van der Waals surface area contributed by atoms with Gasteiger partial charge < -0.3 is 29.4 Å². The van der Waals surface area contributed by atoms with E-state index in [9.17, 15) is 9.59 Å². The van der Waals surface area contributed by atoms with Gasteiger partial charge in [-0.3, -0.25) is 9.69 Å². The molecule has 0 spiro atoms. The molecule has 3 aromatic carbocycles. The van der Waals surface area contributed by atoms with Crippen LogP contribution in [-0.2, 0) is 9.53 Å². The van der Waals surface area contributed by atoms with Gasteiger partial charge >= 0.3 is 6.03 Å². The highest BCUT2D eigenvalue weighted by atomic mass is 16.5. The molecule has 8 rings (SSSR count). The molecular weight excluding hydrogens is 653 g/mol. The fraction of sp³-hybridized carbons (Fsp3) is 0.366. The fourth-order valence-corrected chi connectivity index (χ4v) is 7.97. The summed E-state index contributed by atoms with van der Waals surface area (Å²) in [7, 11) is 3.92. The number of nitrogens with zero attached hydrogens (tertiary/aromatic N) is 6. The summed E-state index contributed by atoms with van der Waals surface area (Å²) < 4.78 is 5.44. The molecule has 0 saturated carbocycles. The number of aromatic amines is 2. The molecule has 0 bridgehead atoms. The molecule has 268 valence electrons. The van der Waals surface area contributed by atoms with Crippen molar-refractivity contribution in [3.05, 3.63) is 108 Å². The highest BCUT2D eigenvalue weighted by molar-refractivity contribution is 5.84. The molecule has 11 heteroatoms. The summed E-state index contributed by atoms with van der Waals surface area (Å²) in [5, 5.41) is 0. The average molecular weight is 699 g/mol. The number of likely N-dealkylation sites (tertiary alicyclic amines) is 2. The SMILES string of the molecule is CN(C)[C@@H](C(=O)N1CCC[C@H]1c1ncc(-c2ccc(-c3ccc(-c4cnc([C@@H]5CCCN5C(=O)N5CCOCC5)[nH]4)cc3)cc2)[nH]1)c1ccccc1. The fourth-order valence-electron chi connectivity index (χ4n) is 7.97. The summed E-state index contributed by atoms with van der Waals surface area (Å²) in [6, 6.07) is 26.6. The second-order valence-corrected chi connectivity index (χ2v) is 14.2. The van der Waals surface area contributed by atoms with Crippen molar-refractivity contribution in [2.24, 2.45) is 0 Å². The number of carbonyl (C=O) groups excluding carboxylic acids is 2. The molecule has 0 aliphatic carbocycles. The largest absolute Gasteiger partial charge is 0.378 e. The van der Waals surface area contributed by atoms with Gasteiger partial charge in [-0.2, -0.15) is 0 Å². The summed E-state index contributed by atoms with van der Waals surface area (Å²) in [6.07, 6.45) is 7.46. The zero-order valence-electron chi connectivity index (χ0n) is 29.9. The van der Waals surface area contributed by atoms with Crippen LogP contribution in [-0.4, -0.2) is 105 Å². The van der Waals surface area contributed by atoms with E-state index in [0.29, 0.717) is 26.3 Å². The molecule has 5 aromatic rings. The molecule has 3 aliphatic rings. The lowest BCUT2D eigenvalue weighted by atomic mass is 10.0. The number of aromatic nitrogens is 4. The Morgan fingerprint density at radius 2 is 1.19 bits per heavy atom. The Balaban J connectivity index is 0.925. The Morgan fingerprint density at radius 1 is 0.692 bits per heavy atom. The minimum Gasteiger partial charge on any atom is -0.378 e. The van der Waals surface area contributed by atoms with Crippen LogP contribution in [0.4, 0.5) is 4.79 Å². The van der Waals surface area contributed by atoms with Gasteiger partial charge in [0.15, 0.2) is 0 Å².